The van der Waals surface area contributed by atoms with Crippen LogP contribution in [0.2, 0.25) is 0 Å². The number of nitro groups is 2. The Morgan fingerprint density at radius 1 is 0.710 bits per heavy atom. The fourth-order valence-electron chi connectivity index (χ4n) is 2.80. The maximum absolute atomic E-state index is 12.5. The van der Waals surface area contributed by atoms with Crippen molar-refractivity contribution in [1.29, 1.82) is 0 Å². The molecular weight excluding hydrogens is 404 g/mol. The van der Waals surface area contributed by atoms with E-state index < -0.39 is 33.0 Å². The fraction of sp³-hybridized carbons (Fsp3) is 0.0476. The first-order valence-corrected chi connectivity index (χ1v) is 8.96. The zero-order valence-electron chi connectivity index (χ0n) is 16.2. The van der Waals surface area contributed by atoms with Crippen LogP contribution < -0.4 is 10.6 Å². The molecule has 2 N–H and O–H groups in total. The van der Waals surface area contributed by atoms with Gasteiger partial charge in [-0.2, -0.15) is 0 Å². The summed E-state index contributed by atoms with van der Waals surface area (Å²) in [7, 11) is 0. The summed E-state index contributed by atoms with van der Waals surface area (Å²) in [4.78, 5) is 45.4. The number of benzene rings is 3. The van der Waals surface area contributed by atoms with Gasteiger partial charge in [-0.15, -0.1) is 0 Å². The second kappa shape index (κ2) is 8.82. The van der Waals surface area contributed by atoms with Crippen LogP contribution in [-0.4, -0.2) is 21.7 Å². The Balaban J connectivity index is 1.80. The summed E-state index contributed by atoms with van der Waals surface area (Å²) in [6.45, 7) is 1.89. The van der Waals surface area contributed by atoms with Crippen molar-refractivity contribution in [3.05, 3.63) is 104 Å². The molecule has 31 heavy (non-hydrogen) atoms. The number of carbonyl (C=O) groups is 2. The van der Waals surface area contributed by atoms with E-state index in [-0.39, 0.29) is 16.8 Å². The molecule has 0 aromatic heterocycles. The Labute approximate surface area is 175 Å². The topological polar surface area (TPSA) is 144 Å². The number of aryl methyl sites for hydroxylation is 1. The lowest BCUT2D eigenvalue weighted by Crippen LogP contribution is -2.15. The van der Waals surface area contributed by atoms with Crippen LogP contribution in [0.4, 0.5) is 22.7 Å². The van der Waals surface area contributed by atoms with Gasteiger partial charge >= 0.3 is 0 Å². The fourth-order valence-corrected chi connectivity index (χ4v) is 2.80. The van der Waals surface area contributed by atoms with Crippen LogP contribution in [0.3, 0.4) is 0 Å². The van der Waals surface area contributed by atoms with Gasteiger partial charge in [0.2, 0.25) is 0 Å². The molecule has 3 aromatic carbocycles. The number of hydrogen-bond donors (Lipinski definition) is 2. The van der Waals surface area contributed by atoms with Crippen molar-refractivity contribution in [3.63, 3.8) is 0 Å². The second-order valence-electron chi connectivity index (χ2n) is 6.61. The standard InChI is InChI=1S/C21H16N4O6/c1-13-4-2-6-16(8-13)22-20(26)14-5-3-7-17(9-14)23-21(27)15-10-18(24(28)29)12-19(11-15)25(30)31/h2-12H,1H3,(H,22,26)(H,23,27). The summed E-state index contributed by atoms with van der Waals surface area (Å²) in [6.07, 6.45) is 0. The smallest absolute Gasteiger partial charge is 0.277 e. The highest BCUT2D eigenvalue weighted by Crippen LogP contribution is 2.24. The van der Waals surface area contributed by atoms with Crippen molar-refractivity contribution >= 4 is 34.6 Å². The zero-order valence-corrected chi connectivity index (χ0v) is 16.2. The highest BCUT2D eigenvalue weighted by atomic mass is 16.6. The first-order chi connectivity index (χ1) is 14.7. The normalized spacial score (nSPS) is 10.2. The maximum atomic E-state index is 12.5. The minimum absolute atomic E-state index is 0.246. The van der Waals surface area contributed by atoms with Gasteiger partial charge < -0.3 is 10.6 Å². The third-order valence-corrected chi connectivity index (χ3v) is 4.24. The number of nitrogens with zero attached hydrogens (tertiary/aromatic N) is 2. The predicted octanol–water partition coefficient (Wildman–Crippen LogP) is 4.32. The first kappa shape index (κ1) is 21.1. The van der Waals surface area contributed by atoms with E-state index >= 15 is 0 Å². The van der Waals surface area contributed by atoms with E-state index in [2.05, 4.69) is 10.6 Å². The average molecular weight is 420 g/mol. The molecule has 0 bridgehead atoms. The minimum atomic E-state index is -0.819. The van der Waals surface area contributed by atoms with Crippen LogP contribution in [0.25, 0.3) is 0 Å². The third-order valence-electron chi connectivity index (χ3n) is 4.24. The molecule has 3 rings (SSSR count). The Morgan fingerprint density at radius 3 is 1.77 bits per heavy atom. The molecule has 2 amide bonds. The number of non-ortho nitro benzene ring substituents is 2. The molecule has 0 saturated carbocycles. The van der Waals surface area contributed by atoms with Gasteiger partial charge in [0, 0.05) is 29.1 Å². The lowest BCUT2D eigenvalue weighted by Gasteiger charge is -2.09. The predicted molar refractivity (Wildman–Crippen MR) is 113 cm³/mol. The van der Waals surface area contributed by atoms with E-state index in [9.17, 15) is 29.8 Å². The SMILES string of the molecule is Cc1cccc(NC(=O)c2cccc(NC(=O)c3cc([N+](=O)[O-])cc([N+](=O)[O-])c3)c2)c1. The highest BCUT2D eigenvalue weighted by molar-refractivity contribution is 6.07. The van der Waals surface area contributed by atoms with Crippen molar-refractivity contribution in [2.45, 2.75) is 6.92 Å². The maximum Gasteiger partial charge on any atom is 0.277 e. The van der Waals surface area contributed by atoms with Crippen molar-refractivity contribution < 1.29 is 19.4 Å². The van der Waals surface area contributed by atoms with Crippen LogP contribution in [0.15, 0.2) is 66.7 Å². The monoisotopic (exact) mass is 420 g/mol. The molecule has 0 spiro atoms. The van der Waals surface area contributed by atoms with E-state index in [1.165, 1.54) is 12.1 Å². The molecule has 10 nitrogen and oxygen atoms in total. The van der Waals surface area contributed by atoms with Gasteiger partial charge in [0.1, 0.15) is 0 Å². The Morgan fingerprint density at radius 2 is 1.23 bits per heavy atom. The number of nitrogens with one attached hydrogen (secondary N) is 2. The lowest BCUT2D eigenvalue weighted by molar-refractivity contribution is -0.394. The van der Waals surface area contributed by atoms with E-state index in [1.807, 2.05) is 13.0 Å². The van der Waals surface area contributed by atoms with Gasteiger partial charge in [0.05, 0.1) is 21.5 Å². The molecule has 0 aliphatic rings. The lowest BCUT2D eigenvalue weighted by atomic mass is 10.1. The van der Waals surface area contributed by atoms with Gasteiger partial charge in [0.15, 0.2) is 0 Å². The molecule has 0 radical (unpaired) electrons. The van der Waals surface area contributed by atoms with Crippen LogP contribution in [0.1, 0.15) is 26.3 Å². The summed E-state index contributed by atoms with van der Waals surface area (Å²) in [5, 5.41) is 27.3. The summed E-state index contributed by atoms with van der Waals surface area (Å²) in [6, 6.07) is 16.0. The van der Waals surface area contributed by atoms with E-state index in [0.717, 1.165) is 23.8 Å². The van der Waals surface area contributed by atoms with Crippen molar-refractivity contribution in [2.24, 2.45) is 0 Å². The summed E-state index contributed by atoms with van der Waals surface area (Å²) in [5.74, 6) is -1.18. The van der Waals surface area contributed by atoms with Crippen molar-refractivity contribution in [2.75, 3.05) is 10.6 Å². The van der Waals surface area contributed by atoms with Crippen LogP contribution in [0.5, 0.6) is 0 Å². The van der Waals surface area contributed by atoms with E-state index in [1.54, 1.807) is 30.3 Å². The van der Waals surface area contributed by atoms with Crippen LogP contribution >= 0.6 is 0 Å². The third kappa shape index (κ3) is 5.26. The second-order valence-corrected chi connectivity index (χ2v) is 6.61. The number of nitro benzene ring substituents is 2. The molecule has 0 aliphatic carbocycles. The molecule has 0 atom stereocenters. The Bertz CT molecular complexity index is 1180. The summed E-state index contributed by atoms with van der Waals surface area (Å²) in [5.41, 5.74) is 0.695. The minimum Gasteiger partial charge on any atom is -0.322 e. The van der Waals surface area contributed by atoms with Crippen molar-refractivity contribution in [1.82, 2.24) is 0 Å². The molecule has 0 saturated heterocycles. The molecule has 0 fully saturated rings. The molecule has 3 aromatic rings. The molecule has 0 aliphatic heterocycles. The number of amides is 2. The Kier molecular flexibility index (Phi) is 6.01. The molecule has 0 unspecified atom stereocenters. The average Bonchev–Trinajstić information content (AvgIpc) is 2.73. The highest BCUT2D eigenvalue weighted by Gasteiger charge is 2.20. The molecule has 10 heteroatoms. The summed E-state index contributed by atoms with van der Waals surface area (Å²) >= 11 is 0. The number of anilines is 2. The zero-order chi connectivity index (χ0) is 22.5. The van der Waals surface area contributed by atoms with Gasteiger partial charge in [-0.05, 0) is 42.8 Å². The van der Waals surface area contributed by atoms with Gasteiger partial charge in [-0.25, -0.2) is 0 Å². The van der Waals surface area contributed by atoms with Crippen molar-refractivity contribution in [3.8, 4) is 0 Å². The van der Waals surface area contributed by atoms with Gasteiger partial charge in [-0.1, -0.05) is 18.2 Å². The van der Waals surface area contributed by atoms with Crippen LogP contribution in [-0.2, 0) is 0 Å². The molecule has 156 valence electrons. The van der Waals surface area contributed by atoms with Gasteiger partial charge in [0.25, 0.3) is 23.2 Å². The number of hydrogen-bond acceptors (Lipinski definition) is 6. The summed E-state index contributed by atoms with van der Waals surface area (Å²) < 4.78 is 0. The molecule has 0 heterocycles. The van der Waals surface area contributed by atoms with E-state index in [0.29, 0.717) is 5.69 Å². The Hall–Kier alpha value is -4.60. The van der Waals surface area contributed by atoms with E-state index in [4.69, 9.17) is 0 Å². The van der Waals surface area contributed by atoms with Crippen LogP contribution in [0, 0.1) is 27.2 Å². The number of rotatable bonds is 6. The number of carbonyl (C=O) groups excluding carboxylic acids is 2. The largest absolute Gasteiger partial charge is 0.322 e. The molecular formula is C21H16N4O6. The van der Waals surface area contributed by atoms with Gasteiger partial charge in [-0.3, -0.25) is 29.8 Å². The first-order valence-electron chi connectivity index (χ1n) is 8.96. The quantitative estimate of drug-likeness (QED) is 0.449.